The molecule has 3 aromatic carbocycles. The molecule has 0 radical (unpaired) electrons. The van der Waals surface area contributed by atoms with Gasteiger partial charge in [-0.25, -0.2) is 4.39 Å². The van der Waals surface area contributed by atoms with Crippen molar-refractivity contribution in [3.63, 3.8) is 0 Å². The summed E-state index contributed by atoms with van der Waals surface area (Å²) in [5.41, 5.74) is 3.22. The van der Waals surface area contributed by atoms with Crippen molar-refractivity contribution >= 4 is 40.7 Å². The van der Waals surface area contributed by atoms with Gasteiger partial charge in [-0.1, -0.05) is 53.6 Å². The first-order chi connectivity index (χ1) is 16.3. The van der Waals surface area contributed by atoms with Crippen molar-refractivity contribution in [1.82, 2.24) is 5.32 Å². The monoisotopic (exact) mass is 479 g/mol. The average Bonchev–Trinajstić information content (AvgIpc) is 3.22. The van der Waals surface area contributed by atoms with Crippen LogP contribution in [0.2, 0.25) is 5.02 Å². The summed E-state index contributed by atoms with van der Waals surface area (Å²) in [6, 6.07) is 18.6. The van der Waals surface area contributed by atoms with Crippen LogP contribution in [0.4, 0.5) is 15.8 Å². The molecule has 1 fully saturated rings. The van der Waals surface area contributed by atoms with Crippen LogP contribution in [0.3, 0.4) is 0 Å². The minimum absolute atomic E-state index is 0.00260. The molecule has 3 amide bonds. The van der Waals surface area contributed by atoms with Crippen molar-refractivity contribution in [2.45, 2.75) is 19.9 Å². The molecule has 8 heteroatoms. The first-order valence-corrected chi connectivity index (χ1v) is 11.2. The number of hydrogen-bond acceptors (Lipinski definition) is 3. The summed E-state index contributed by atoms with van der Waals surface area (Å²) in [6.07, 6.45) is 0.00260. The second kappa shape index (κ2) is 10.1. The normalized spacial score (nSPS) is 15.3. The van der Waals surface area contributed by atoms with Gasteiger partial charge in [0.2, 0.25) is 11.8 Å². The average molecular weight is 480 g/mol. The minimum Gasteiger partial charge on any atom is -0.348 e. The molecule has 4 rings (SSSR count). The molecule has 174 valence electrons. The van der Waals surface area contributed by atoms with Crippen LogP contribution in [0, 0.1) is 18.7 Å². The fraction of sp³-hybridized carbons (Fsp3) is 0.192. The molecule has 0 aromatic heterocycles. The zero-order chi connectivity index (χ0) is 24.2. The fourth-order valence-electron chi connectivity index (χ4n) is 3.79. The molecule has 1 unspecified atom stereocenters. The fourth-order valence-corrected chi connectivity index (χ4v) is 3.97. The molecule has 1 heterocycles. The standard InChI is InChI=1S/C26H23ClFN3O3/c1-16-6-8-17(9-7-16)14-29-26(34)20-4-2-3-5-23(20)30-25(33)18-12-24(32)31(15-18)19-10-11-22(28)21(27)13-19/h2-11,13,18H,12,14-15H2,1H3,(H,29,34)(H,30,33). The Hall–Kier alpha value is -3.71. The molecular weight excluding hydrogens is 457 g/mol. The number of para-hydroxylation sites is 1. The number of hydrogen-bond donors (Lipinski definition) is 2. The van der Waals surface area contributed by atoms with Crippen molar-refractivity contribution in [3.05, 3.63) is 94.3 Å². The topological polar surface area (TPSA) is 78.5 Å². The van der Waals surface area contributed by atoms with E-state index < -0.39 is 11.7 Å². The maximum absolute atomic E-state index is 13.5. The number of carbonyl (C=O) groups is 3. The Morgan fingerprint density at radius 1 is 1.09 bits per heavy atom. The van der Waals surface area contributed by atoms with E-state index in [1.54, 1.807) is 24.3 Å². The van der Waals surface area contributed by atoms with Gasteiger partial charge in [-0.15, -0.1) is 0 Å². The Kier molecular flexibility index (Phi) is 6.93. The number of carbonyl (C=O) groups excluding carboxylic acids is 3. The maximum atomic E-state index is 13.5. The smallest absolute Gasteiger partial charge is 0.253 e. The van der Waals surface area contributed by atoms with Crippen molar-refractivity contribution in [2.75, 3.05) is 16.8 Å². The largest absolute Gasteiger partial charge is 0.348 e. The highest BCUT2D eigenvalue weighted by Crippen LogP contribution is 2.29. The molecule has 1 aliphatic rings. The van der Waals surface area contributed by atoms with Gasteiger partial charge in [0.1, 0.15) is 5.82 Å². The van der Waals surface area contributed by atoms with E-state index in [9.17, 15) is 18.8 Å². The number of nitrogens with one attached hydrogen (secondary N) is 2. The van der Waals surface area contributed by atoms with E-state index >= 15 is 0 Å². The lowest BCUT2D eigenvalue weighted by atomic mass is 10.1. The number of anilines is 2. The Labute approximate surface area is 201 Å². The van der Waals surface area contributed by atoms with Gasteiger partial charge >= 0.3 is 0 Å². The second-order valence-electron chi connectivity index (χ2n) is 8.21. The van der Waals surface area contributed by atoms with Gasteiger partial charge < -0.3 is 15.5 Å². The molecule has 1 saturated heterocycles. The van der Waals surface area contributed by atoms with Crippen LogP contribution in [0.5, 0.6) is 0 Å². The molecule has 1 atom stereocenters. The summed E-state index contributed by atoms with van der Waals surface area (Å²) in [4.78, 5) is 39.6. The molecule has 6 nitrogen and oxygen atoms in total. The minimum atomic E-state index is -0.625. The second-order valence-corrected chi connectivity index (χ2v) is 8.61. The molecule has 2 N–H and O–H groups in total. The lowest BCUT2D eigenvalue weighted by Crippen LogP contribution is -2.29. The van der Waals surface area contributed by atoms with E-state index in [0.29, 0.717) is 23.5 Å². The SMILES string of the molecule is Cc1ccc(CNC(=O)c2ccccc2NC(=O)C2CC(=O)N(c3ccc(F)c(Cl)c3)C2)cc1. The van der Waals surface area contributed by atoms with E-state index in [-0.39, 0.29) is 35.7 Å². The number of aryl methyl sites for hydroxylation is 1. The van der Waals surface area contributed by atoms with Gasteiger partial charge in [-0.3, -0.25) is 14.4 Å². The molecule has 0 saturated carbocycles. The van der Waals surface area contributed by atoms with Crippen molar-refractivity contribution in [1.29, 1.82) is 0 Å². The summed E-state index contributed by atoms with van der Waals surface area (Å²) in [5.74, 6) is -2.15. The highest BCUT2D eigenvalue weighted by molar-refractivity contribution is 6.31. The molecule has 3 aromatic rings. The first kappa shape index (κ1) is 23.4. The van der Waals surface area contributed by atoms with Gasteiger partial charge in [0, 0.05) is 25.2 Å². The first-order valence-electron chi connectivity index (χ1n) is 10.8. The molecule has 34 heavy (non-hydrogen) atoms. The van der Waals surface area contributed by atoms with Gasteiger partial charge in [-0.05, 0) is 42.8 Å². The summed E-state index contributed by atoms with van der Waals surface area (Å²) < 4.78 is 13.5. The number of benzene rings is 3. The summed E-state index contributed by atoms with van der Waals surface area (Å²) >= 11 is 5.83. The van der Waals surface area contributed by atoms with Gasteiger partial charge in [-0.2, -0.15) is 0 Å². The third-order valence-electron chi connectivity index (χ3n) is 5.71. The Bertz CT molecular complexity index is 1250. The highest BCUT2D eigenvalue weighted by Gasteiger charge is 2.35. The van der Waals surface area contributed by atoms with E-state index in [2.05, 4.69) is 10.6 Å². The van der Waals surface area contributed by atoms with E-state index in [1.807, 2.05) is 31.2 Å². The Morgan fingerprint density at radius 2 is 1.82 bits per heavy atom. The molecule has 0 spiro atoms. The Morgan fingerprint density at radius 3 is 2.56 bits per heavy atom. The predicted octanol–water partition coefficient (Wildman–Crippen LogP) is 4.71. The summed E-state index contributed by atoms with van der Waals surface area (Å²) in [7, 11) is 0. The number of nitrogens with zero attached hydrogens (tertiary/aromatic N) is 1. The molecule has 0 aliphatic carbocycles. The lowest BCUT2D eigenvalue weighted by molar-refractivity contribution is -0.122. The van der Waals surface area contributed by atoms with Gasteiger partial charge in [0.25, 0.3) is 5.91 Å². The van der Waals surface area contributed by atoms with E-state index in [0.717, 1.165) is 11.1 Å². The molecule has 0 bridgehead atoms. The summed E-state index contributed by atoms with van der Waals surface area (Å²) in [5, 5.41) is 5.56. The summed E-state index contributed by atoms with van der Waals surface area (Å²) in [6.45, 7) is 2.48. The van der Waals surface area contributed by atoms with Crippen molar-refractivity contribution in [3.8, 4) is 0 Å². The number of rotatable bonds is 6. The van der Waals surface area contributed by atoms with Crippen LogP contribution in [0.1, 0.15) is 27.9 Å². The van der Waals surface area contributed by atoms with Crippen molar-refractivity contribution in [2.24, 2.45) is 5.92 Å². The predicted molar refractivity (Wildman–Crippen MR) is 129 cm³/mol. The van der Waals surface area contributed by atoms with Crippen molar-refractivity contribution < 1.29 is 18.8 Å². The van der Waals surface area contributed by atoms with Gasteiger partial charge in [0.15, 0.2) is 0 Å². The Balaban J connectivity index is 1.42. The van der Waals surface area contributed by atoms with E-state index in [4.69, 9.17) is 11.6 Å². The molecular formula is C26H23ClFN3O3. The van der Waals surface area contributed by atoms with Crippen LogP contribution < -0.4 is 15.5 Å². The maximum Gasteiger partial charge on any atom is 0.253 e. The van der Waals surface area contributed by atoms with Crippen LogP contribution in [-0.4, -0.2) is 24.3 Å². The van der Waals surface area contributed by atoms with E-state index in [1.165, 1.54) is 23.1 Å². The molecule has 1 aliphatic heterocycles. The van der Waals surface area contributed by atoms with Crippen LogP contribution in [0.25, 0.3) is 0 Å². The van der Waals surface area contributed by atoms with Gasteiger partial charge in [0.05, 0.1) is 22.2 Å². The van der Waals surface area contributed by atoms with Crippen LogP contribution in [-0.2, 0) is 16.1 Å². The van der Waals surface area contributed by atoms with Crippen LogP contribution in [0.15, 0.2) is 66.7 Å². The highest BCUT2D eigenvalue weighted by atomic mass is 35.5. The zero-order valence-corrected chi connectivity index (χ0v) is 19.2. The van der Waals surface area contributed by atoms with Crippen LogP contribution >= 0.6 is 11.6 Å². The third kappa shape index (κ3) is 5.26. The zero-order valence-electron chi connectivity index (χ0n) is 18.5. The quantitative estimate of drug-likeness (QED) is 0.537. The lowest BCUT2D eigenvalue weighted by Gasteiger charge is -2.17. The number of amides is 3. The number of halogens is 2. The third-order valence-corrected chi connectivity index (χ3v) is 6.00.